The number of hydrogen-bond donors (Lipinski definition) is 1. The summed E-state index contributed by atoms with van der Waals surface area (Å²) in [7, 11) is 0. The zero-order valence-electron chi connectivity index (χ0n) is 21.7. The SMILES string of the molecule is CC(C)(CC(=O)NC1CCCCC1)CC(=O)N1CCN(C(c2ccccc2)c2ccc(Cl)cc2)CC1. The first-order valence-corrected chi connectivity index (χ1v) is 13.8. The van der Waals surface area contributed by atoms with Crippen molar-refractivity contribution in [1.82, 2.24) is 15.1 Å². The molecule has 1 saturated heterocycles. The van der Waals surface area contributed by atoms with E-state index >= 15 is 0 Å². The first-order valence-electron chi connectivity index (χ1n) is 13.4. The molecule has 2 fully saturated rings. The van der Waals surface area contributed by atoms with E-state index in [0.717, 1.165) is 31.0 Å². The summed E-state index contributed by atoms with van der Waals surface area (Å²) >= 11 is 6.15. The number of hydrogen-bond acceptors (Lipinski definition) is 3. The van der Waals surface area contributed by atoms with Crippen LogP contribution < -0.4 is 5.32 Å². The molecule has 2 aliphatic rings. The number of halogens is 1. The van der Waals surface area contributed by atoms with Gasteiger partial charge in [0.05, 0.1) is 6.04 Å². The Hall–Kier alpha value is -2.37. The van der Waals surface area contributed by atoms with Gasteiger partial charge in [-0.3, -0.25) is 14.5 Å². The van der Waals surface area contributed by atoms with Gasteiger partial charge in [0, 0.05) is 50.1 Å². The first kappa shape index (κ1) is 26.7. The number of nitrogens with one attached hydrogen (secondary N) is 1. The zero-order chi connectivity index (χ0) is 25.5. The molecule has 36 heavy (non-hydrogen) atoms. The van der Waals surface area contributed by atoms with E-state index < -0.39 is 0 Å². The molecule has 2 amide bonds. The number of rotatable bonds is 8. The molecule has 1 atom stereocenters. The fourth-order valence-electron chi connectivity index (χ4n) is 5.67. The van der Waals surface area contributed by atoms with Crippen molar-refractivity contribution in [2.75, 3.05) is 26.2 Å². The van der Waals surface area contributed by atoms with Crippen LogP contribution >= 0.6 is 11.6 Å². The van der Waals surface area contributed by atoms with Crippen molar-refractivity contribution in [2.45, 2.75) is 70.9 Å². The van der Waals surface area contributed by atoms with E-state index in [1.807, 2.05) is 36.9 Å². The summed E-state index contributed by atoms with van der Waals surface area (Å²) in [6.07, 6.45) is 6.60. The smallest absolute Gasteiger partial charge is 0.223 e. The minimum absolute atomic E-state index is 0.0817. The lowest BCUT2D eigenvalue weighted by atomic mass is 9.84. The third-order valence-corrected chi connectivity index (χ3v) is 7.82. The highest BCUT2D eigenvalue weighted by Gasteiger charge is 2.32. The van der Waals surface area contributed by atoms with Crippen LogP contribution in [-0.4, -0.2) is 53.8 Å². The van der Waals surface area contributed by atoms with Crippen molar-refractivity contribution in [1.29, 1.82) is 0 Å². The molecule has 1 aliphatic carbocycles. The molecule has 1 unspecified atom stereocenters. The first-order chi connectivity index (χ1) is 17.3. The molecular formula is C30H40ClN3O2. The minimum Gasteiger partial charge on any atom is -0.353 e. The van der Waals surface area contributed by atoms with Crippen LogP contribution in [0, 0.1) is 5.41 Å². The van der Waals surface area contributed by atoms with Gasteiger partial charge < -0.3 is 10.2 Å². The quantitative estimate of drug-likeness (QED) is 0.487. The van der Waals surface area contributed by atoms with Crippen LogP contribution in [0.3, 0.4) is 0 Å². The average molecular weight is 510 g/mol. The Morgan fingerprint density at radius 1 is 0.889 bits per heavy atom. The van der Waals surface area contributed by atoms with E-state index in [1.165, 1.54) is 30.4 Å². The van der Waals surface area contributed by atoms with Crippen LogP contribution in [0.5, 0.6) is 0 Å². The summed E-state index contributed by atoms with van der Waals surface area (Å²) in [5.41, 5.74) is 2.09. The maximum absolute atomic E-state index is 13.2. The second-order valence-corrected chi connectivity index (χ2v) is 11.6. The van der Waals surface area contributed by atoms with E-state index in [-0.39, 0.29) is 23.3 Å². The summed E-state index contributed by atoms with van der Waals surface area (Å²) < 4.78 is 0. The number of carbonyl (C=O) groups excluding carboxylic acids is 2. The number of nitrogens with zero attached hydrogens (tertiary/aromatic N) is 2. The van der Waals surface area contributed by atoms with Crippen molar-refractivity contribution in [2.24, 2.45) is 5.41 Å². The summed E-state index contributed by atoms with van der Waals surface area (Å²) in [5.74, 6) is 0.228. The molecule has 0 aromatic heterocycles. The lowest BCUT2D eigenvalue weighted by Crippen LogP contribution is -2.50. The van der Waals surface area contributed by atoms with Gasteiger partial charge in [-0.05, 0) is 41.5 Å². The Morgan fingerprint density at radius 3 is 2.14 bits per heavy atom. The molecule has 6 heteroatoms. The lowest BCUT2D eigenvalue weighted by Gasteiger charge is -2.40. The molecule has 0 spiro atoms. The summed E-state index contributed by atoms with van der Waals surface area (Å²) in [4.78, 5) is 30.3. The van der Waals surface area contributed by atoms with E-state index in [4.69, 9.17) is 11.6 Å². The molecule has 1 aliphatic heterocycles. The highest BCUT2D eigenvalue weighted by atomic mass is 35.5. The molecule has 0 radical (unpaired) electrons. The second-order valence-electron chi connectivity index (χ2n) is 11.2. The predicted octanol–water partition coefficient (Wildman–Crippen LogP) is 5.83. The van der Waals surface area contributed by atoms with Crippen LogP contribution in [0.1, 0.15) is 76.0 Å². The Balaban J connectivity index is 1.33. The molecule has 1 heterocycles. The molecule has 2 aromatic carbocycles. The largest absolute Gasteiger partial charge is 0.353 e. The maximum Gasteiger partial charge on any atom is 0.223 e. The third-order valence-electron chi connectivity index (χ3n) is 7.57. The highest BCUT2D eigenvalue weighted by molar-refractivity contribution is 6.30. The van der Waals surface area contributed by atoms with Gasteiger partial charge >= 0.3 is 0 Å². The van der Waals surface area contributed by atoms with Crippen LogP contribution in [0.25, 0.3) is 0 Å². The van der Waals surface area contributed by atoms with Crippen molar-refractivity contribution in [3.05, 3.63) is 70.7 Å². The normalized spacial score (nSPS) is 18.6. The van der Waals surface area contributed by atoms with E-state index in [2.05, 4.69) is 46.6 Å². The van der Waals surface area contributed by atoms with E-state index in [0.29, 0.717) is 32.0 Å². The predicted molar refractivity (Wildman–Crippen MR) is 146 cm³/mol. The second kappa shape index (κ2) is 12.2. The van der Waals surface area contributed by atoms with Crippen molar-refractivity contribution in [3.8, 4) is 0 Å². The highest BCUT2D eigenvalue weighted by Crippen LogP contribution is 2.31. The third kappa shape index (κ3) is 7.33. The van der Waals surface area contributed by atoms with E-state index in [9.17, 15) is 9.59 Å². The molecule has 1 N–H and O–H groups in total. The Bertz CT molecular complexity index is 995. The molecule has 4 rings (SSSR count). The van der Waals surface area contributed by atoms with Crippen LogP contribution in [0.15, 0.2) is 54.6 Å². The van der Waals surface area contributed by atoms with Crippen molar-refractivity contribution >= 4 is 23.4 Å². The summed E-state index contributed by atoms with van der Waals surface area (Å²) in [6, 6.07) is 19.0. The van der Waals surface area contributed by atoms with Crippen molar-refractivity contribution in [3.63, 3.8) is 0 Å². The Morgan fingerprint density at radius 2 is 1.50 bits per heavy atom. The number of carbonyl (C=O) groups is 2. The molecule has 2 aromatic rings. The number of benzene rings is 2. The number of amides is 2. The lowest BCUT2D eigenvalue weighted by molar-refractivity contribution is -0.136. The molecule has 5 nitrogen and oxygen atoms in total. The Labute approximate surface area is 221 Å². The topological polar surface area (TPSA) is 52.7 Å². The molecule has 1 saturated carbocycles. The van der Waals surface area contributed by atoms with Gasteiger partial charge in [0.1, 0.15) is 0 Å². The Kier molecular flexibility index (Phi) is 9.08. The maximum atomic E-state index is 13.2. The fraction of sp³-hybridized carbons (Fsp3) is 0.533. The van der Waals surface area contributed by atoms with Gasteiger partial charge in [0.25, 0.3) is 0 Å². The van der Waals surface area contributed by atoms with Gasteiger partial charge in [0.15, 0.2) is 0 Å². The average Bonchev–Trinajstić information content (AvgIpc) is 2.86. The minimum atomic E-state index is -0.358. The van der Waals surface area contributed by atoms with Crippen LogP contribution in [-0.2, 0) is 9.59 Å². The molecule has 0 bridgehead atoms. The van der Waals surface area contributed by atoms with Gasteiger partial charge in [-0.2, -0.15) is 0 Å². The standard InChI is InChI=1S/C30H40ClN3O2/c1-30(2,21-27(35)32-26-11-7-4-8-12-26)22-28(36)33-17-19-34(20-18-33)29(23-9-5-3-6-10-23)24-13-15-25(31)16-14-24/h3,5-6,9-10,13-16,26,29H,4,7-8,11-12,17-22H2,1-2H3,(H,32,35). The summed E-state index contributed by atoms with van der Waals surface area (Å²) in [6.45, 7) is 7.06. The van der Waals surface area contributed by atoms with Crippen LogP contribution in [0.4, 0.5) is 0 Å². The molecular weight excluding hydrogens is 470 g/mol. The van der Waals surface area contributed by atoms with Gasteiger partial charge in [-0.1, -0.05) is 87.2 Å². The van der Waals surface area contributed by atoms with Gasteiger partial charge in [0.2, 0.25) is 11.8 Å². The van der Waals surface area contributed by atoms with Crippen molar-refractivity contribution < 1.29 is 9.59 Å². The summed E-state index contributed by atoms with van der Waals surface area (Å²) in [5, 5.41) is 3.93. The fourth-order valence-corrected chi connectivity index (χ4v) is 5.79. The van der Waals surface area contributed by atoms with E-state index in [1.54, 1.807) is 0 Å². The van der Waals surface area contributed by atoms with Crippen LogP contribution in [0.2, 0.25) is 5.02 Å². The number of piperazine rings is 1. The van der Waals surface area contributed by atoms with Gasteiger partial charge in [-0.25, -0.2) is 0 Å². The molecule has 194 valence electrons. The zero-order valence-corrected chi connectivity index (χ0v) is 22.5. The van der Waals surface area contributed by atoms with Gasteiger partial charge in [-0.15, -0.1) is 0 Å². The monoisotopic (exact) mass is 509 g/mol.